The number of hydrogen-bond donors (Lipinski definition) is 1. The van der Waals surface area contributed by atoms with Crippen LogP contribution in [-0.2, 0) is 13.8 Å². The molecule has 0 aliphatic carbocycles. The van der Waals surface area contributed by atoms with E-state index >= 15 is 0 Å². The van der Waals surface area contributed by atoms with Crippen molar-refractivity contribution >= 4 is 47.3 Å². The predicted octanol–water partition coefficient (Wildman–Crippen LogP) is 3.27. The summed E-state index contributed by atoms with van der Waals surface area (Å²) in [6, 6.07) is 3.27. The monoisotopic (exact) mass is 379 g/mol. The van der Waals surface area contributed by atoms with Gasteiger partial charge in [-0.05, 0) is 34.1 Å². The maximum atomic E-state index is 12.0. The SMILES string of the molecule is O=C(CC(F)(F)F)Nc1ccc(S(=O)(=O)Cl)cc1Br. The van der Waals surface area contributed by atoms with Gasteiger partial charge in [0.05, 0.1) is 10.6 Å². The number of nitrogens with one attached hydrogen (secondary N) is 1. The first kappa shape index (κ1) is 16.3. The van der Waals surface area contributed by atoms with Crippen LogP contribution >= 0.6 is 26.6 Å². The zero-order valence-corrected chi connectivity index (χ0v) is 12.1. The Morgan fingerprint density at radius 2 is 1.95 bits per heavy atom. The van der Waals surface area contributed by atoms with Gasteiger partial charge < -0.3 is 5.32 Å². The molecule has 0 radical (unpaired) electrons. The molecular formula is C9H6BrClF3NO3S. The zero-order valence-electron chi connectivity index (χ0n) is 8.96. The molecule has 1 aromatic carbocycles. The summed E-state index contributed by atoms with van der Waals surface area (Å²) in [5.74, 6) is -1.25. The Morgan fingerprint density at radius 1 is 1.37 bits per heavy atom. The average Bonchev–Trinajstić information content (AvgIpc) is 2.16. The highest BCUT2D eigenvalue weighted by molar-refractivity contribution is 9.10. The van der Waals surface area contributed by atoms with Crippen molar-refractivity contribution in [2.45, 2.75) is 17.5 Å². The standard InChI is InChI=1S/C9H6BrClF3NO3S/c10-6-3-5(19(11,17)18)1-2-7(6)15-8(16)4-9(12,13)14/h1-3H,4H2,(H,15,16). The number of hydrogen-bond acceptors (Lipinski definition) is 3. The number of anilines is 1. The molecule has 19 heavy (non-hydrogen) atoms. The molecule has 1 aromatic rings. The molecule has 0 fully saturated rings. The lowest BCUT2D eigenvalue weighted by molar-refractivity contribution is -0.150. The van der Waals surface area contributed by atoms with Crippen LogP contribution in [0.5, 0.6) is 0 Å². The van der Waals surface area contributed by atoms with Crippen LogP contribution < -0.4 is 5.32 Å². The van der Waals surface area contributed by atoms with Gasteiger partial charge in [0.1, 0.15) is 6.42 Å². The van der Waals surface area contributed by atoms with Crippen molar-refractivity contribution in [3.05, 3.63) is 22.7 Å². The minimum absolute atomic E-state index is 0.0123. The topological polar surface area (TPSA) is 63.2 Å². The third-order valence-electron chi connectivity index (χ3n) is 1.86. The van der Waals surface area contributed by atoms with E-state index in [4.69, 9.17) is 10.7 Å². The molecule has 0 atom stereocenters. The van der Waals surface area contributed by atoms with Gasteiger partial charge in [0.25, 0.3) is 9.05 Å². The summed E-state index contributed by atoms with van der Waals surface area (Å²) < 4.78 is 58.0. The number of alkyl halides is 3. The summed E-state index contributed by atoms with van der Waals surface area (Å²) >= 11 is 2.93. The molecule has 106 valence electrons. The van der Waals surface area contributed by atoms with Gasteiger partial charge in [-0.1, -0.05) is 0 Å². The molecule has 1 amide bonds. The van der Waals surface area contributed by atoms with Crippen molar-refractivity contribution in [3.8, 4) is 0 Å². The van der Waals surface area contributed by atoms with Crippen molar-refractivity contribution in [1.29, 1.82) is 0 Å². The highest BCUT2D eigenvalue weighted by Gasteiger charge is 2.31. The third kappa shape index (κ3) is 5.37. The lowest BCUT2D eigenvalue weighted by Crippen LogP contribution is -2.21. The molecule has 0 unspecified atom stereocenters. The van der Waals surface area contributed by atoms with Crippen LogP contribution in [0.1, 0.15) is 6.42 Å². The van der Waals surface area contributed by atoms with E-state index in [0.717, 1.165) is 18.2 Å². The van der Waals surface area contributed by atoms with Crippen molar-refractivity contribution in [1.82, 2.24) is 0 Å². The molecule has 0 spiro atoms. The van der Waals surface area contributed by atoms with Crippen LogP contribution in [0.25, 0.3) is 0 Å². The van der Waals surface area contributed by atoms with E-state index in [1.165, 1.54) is 0 Å². The van der Waals surface area contributed by atoms with Crippen LogP contribution in [0, 0.1) is 0 Å². The minimum atomic E-state index is -4.62. The molecule has 0 bridgehead atoms. The molecule has 1 rings (SSSR count). The van der Waals surface area contributed by atoms with Gasteiger partial charge in [0.2, 0.25) is 5.91 Å². The van der Waals surface area contributed by atoms with Crippen molar-refractivity contribution < 1.29 is 26.4 Å². The molecule has 0 aromatic heterocycles. The number of carbonyl (C=O) groups is 1. The summed E-state index contributed by atoms with van der Waals surface area (Å²) in [4.78, 5) is 10.8. The summed E-state index contributed by atoms with van der Waals surface area (Å²) in [5.41, 5.74) is 0.0123. The average molecular weight is 381 g/mol. The molecular weight excluding hydrogens is 375 g/mol. The fraction of sp³-hybridized carbons (Fsp3) is 0.222. The second kappa shape index (κ2) is 5.68. The Kier molecular flexibility index (Phi) is 4.86. The van der Waals surface area contributed by atoms with Gasteiger partial charge in [-0.3, -0.25) is 4.79 Å². The van der Waals surface area contributed by atoms with Crippen molar-refractivity contribution in [2.75, 3.05) is 5.32 Å². The van der Waals surface area contributed by atoms with Gasteiger partial charge >= 0.3 is 6.18 Å². The van der Waals surface area contributed by atoms with E-state index < -0.39 is 27.6 Å². The van der Waals surface area contributed by atoms with Crippen molar-refractivity contribution in [2.24, 2.45) is 0 Å². The molecule has 4 nitrogen and oxygen atoms in total. The molecule has 0 heterocycles. The minimum Gasteiger partial charge on any atom is -0.325 e. The summed E-state index contributed by atoms with van der Waals surface area (Å²) in [5, 5.41) is 2.00. The van der Waals surface area contributed by atoms with Crippen LogP contribution in [0.15, 0.2) is 27.6 Å². The number of benzene rings is 1. The summed E-state index contributed by atoms with van der Waals surface area (Å²) in [7, 11) is 1.14. The fourth-order valence-corrected chi connectivity index (χ4v) is 2.53. The largest absolute Gasteiger partial charge is 0.397 e. The Balaban J connectivity index is 2.90. The number of rotatable bonds is 3. The van der Waals surface area contributed by atoms with Crippen molar-refractivity contribution in [3.63, 3.8) is 0 Å². The van der Waals surface area contributed by atoms with E-state index in [1.54, 1.807) is 0 Å². The number of amides is 1. The quantitative estimate of drug-likeness (QED) is 0.819. The smallest absolute Gasteiger partial charge is 0.325 e. The molecule has 0 saturated carbocycles. The summed E-state index contributed by atoms with van der Waals surface area (Å²) in [6.45, 7) is 0. The Labute approximate surface area is 119 Å². The van der Waals surface area contributed by atoms with Crippen LogP contribution in [0.4, 0.5) is 18.9 Å². The van der Waals surface area contributed by atoms with Crippen LogP contribution in [-0.4, -0.2) is 20.5 Å². The molecule has 0 aliphatic rings. The highest BCUT2D eigenvalue weighted by Crippen LogP contribution is 2.28. The van der Waals surface area contributed by atoms with E-state index in [1.807, 2.05) is 5.32 Å². The predicted molar refractivity (Wildman–Crippen MR) is 66.5 cm³/mol. The molecule has 0 aliphatic heterocycles. The van der Waals surface area contributed by atoms with Crippen LogP contribution in [0.3, 0.4) is 0 Å². The van der Waals surface area contributed by atoms with E-state index in [0.29, 0.717) is 0 Å². The van der Waals surface area contributed by atoms with Gasteiger partial charge in [-0.25, -0.2) is 8.42 Å². The maximum absolute atomic E-state index is 12.0. The second-order valence-corrected chi connectivity index (χ2v) is 6.84. The lowest BCUT2D eigenvalue weighted by Gasteiger charge is -2.09. The maximum Gasteiger partial charge on any atom is 0.397 e. The Morgan fingerprint density at radius 3 is 2.37 bits per heavy atom. The lowest BCUT2D eigenvalue weighted by atomic mass is 10.3. The molecule has 0 saturated heterocycles. The number of carbonyl (C=O) groups excluding carboxylic acids is 1. The molecule has 10 heteroatoms. The fourth-order valence-electron chi connectivity index (χ4n) is 1.13. The van der Waals surface area contributed by atoms with Gasteiger partial charge in [0, 0.05) is 15.2 Å². The second-order valence-electron chi connectivity index (χ2n) is 3.42. The first-order valence-corrected chi connectivity index (χ1v) is 7.70. The van der Waals surface area contributed by atoms with Gasteiger partial charge in [-0.15, -0.1) is 0 Å². The van der Waals surface area contributed by atoms with Gasteiger partial charge in [-0.2, -0.15) is 13.2 Å². The first-order chi connectivity index (χ1) is 8.49. The summed E-state index contributed by atoms with van der Waals surface area (Å²) in [6.07, 6.45) is -6.25. The Hall–Kier alpha value is -0.800. The normalized spacial score (nSPS) is 12.3. The third-order valence-corrected chi connectivity index (χ3v) is 3.86. The number of halogens is 5. The van der Waals surface area contributed by atoms with E-state index in [9.17, 15) is 26.4 Å². The Bertz CT molecular complexity index is 603. The zero-order chi connectivity index (χ0) is 14.8. The molecule has 1 N–H and O–H groups in total. The highest BCUT2D eigenvalue weighted by atomic mass is 79.9. The van der Waals surface area contributed by atoms with E-state index in [2.05, 4.69) is 15.9 Å². The van der Waals surface area contributed by atoms with E-state index in [-0.39, 0.29) is 15.1 Å². The van der Waals surface area contributed by atoms with Gasteiger partial charge in [0.15, 0.2) is 0 Å². The first-order valence-electron chi connectivity index (χ1n) is 4.60. The van der Waals surface area contributed by atoms with Crippen LogP contribution in [0.2, 0.25) is 0 Å².